The van der Waals surface area contributed by atoms with Crippen molar-refractivity contribution < 1.29 is 19.8 Å². The highest BCUT2D eigenvalue weighted by atomic mass is 16.4. The number of carboxylic acids is 1. The van der Waals surface area contributed by atoms with Crippen LogP contribution in [0.3, 0.4) is 0 Å². The molecule has 1 aliphatic rings. The van der Waals surface area contributed by atoms with Gasteiger partial charge in [-0.1, -0.05) is 0 Å². The molecule has 1 fully saturated rings. The Hall–Kier alpha value is -1.10. The molecule has 5 nitrogen and oxygen atoms in total. The minimum atomic E-state index is -0.945. The van der Waals surface area contributed by atoms with Crippen LogP contribution in [-0.4, -0.2) is 34.2 Å². The van der Waals surface area contributed by atoms with Crippen LogP contribution in [-0.2, 0) is 9.59 Å². The third-order valence-corrected chi connectivity index (χ3v) is 2.31. The zero-order valence-corrected chi connectivity index (χ0v) is 7.36. The second-order valence-electron chi connectivity index (χ2n) is 3.37. The Kier molecular flexibility index (Phi) is 2.87. The molecule has 5 heteroatoms. The summed E-state index contributed by atoms with van der Waals surface area (Å²) >= 11 is 0. The summed E-state index contributed by atoms with van der Waals surface area (Å²) in [4.78, 5) is 21.0. The minimum absolute atomic E-state index is 0.0912. The zero-order valence-electron chi connectivity index (χ0n) is 7.36. The van der Waals surface area contributed by atoms with E-state index in [1.54, 1.807) is 0 Å². The lowest BCUT2D eigenvalue weighted by atomic mass is 9.74. The van der Waals surface area contributed by atoms with Gasteiger partial charge in [-0.05, 0) is 6.42 Å². The molecule has 0 spiro atoms. The molecule has 13 heavy (non-hydrogen) atoms. The maximum absolute atomic E-state index is 10.6. The fourth-order valence-electron chi connectivity index (χ4n) is 1.59. The summed E-state index contributed by atoms with van der Waals surface area (Å²) in [5.74, 6) is -1.47. The second kappa shape index (κ2) is 3.74. The van der Waals surface area contributed by atoms with Gasteiger partial charge in [-0.3, -0.25) is 9.59 Å². The topological polar surface area (TPSA) is 86.6 Å². The smallest absolute Gasteiger partial charge is 0.303 e. The molecule has 74 valence electrons. The average Bonchev–Trinajstić information content (AvgIpc) is 1.99. The highest BCUT2D eigenvalue weighted by molar-refractivity contribution is 5.73. The van der Waals surface area contributed by atoms with Crippen LogP contribution in [0.1, 0.15) is 19.8 Å². The number of rotatable bonds is 3. The fourth-order valence-corrected chi connectivity index (χ4v) is 1.59. The Bertz CT molecular complexity index is 228. The summed E-state index contributed by atoms with van der Waals surface area (Å²) in [6.07, 6.45) is -0.225. The van der Waals surface area contributed by atoms with E-state index in [1.807, 2.05) is 0 Å². The van der Waals surface area contributed by atoms with Gasteiger partial charge < -0.3 is 15.5 Å². The molecule has 1 aliphatic carbocycles. The molecule has 0 aromatic heterocycles. The van der Waals surface area contributed by atoms with E-state index in [4.69, 9.17) is 5.11 Å². The van der Waals surface area contributed by atoms with E-state index in [2.05, 4.69) is 5.32 Å². The molecular weight excluding hydrogens is 174 g/mol. The summed E-state index contributed by atoms with van der Waals surface area (Å²) in [6.45, 7) is 1.38. The van der Waals surface area contributed by atoms with Crippen molar-refractivity contribution in [2.24, 2.45) is 5.92 Å². The number of aliphatic hydroxyl groups excluding tert-OH is 1. The van der Waals surface area contributed by atoms with Crippen LogP contribution < -0.4 is 5.32 Å². The number of hydrogen-bond donors (Lipinski definition) is 3. The van der Waals surface area contributed by atoms with Crippen molar-refractivity contribution >= 4 is 11.9 Å². The summed E-state index contributed by atoms with van der Waals surface area (Å²) in [7, 11) is 0. The lowest BCUT2D eigenvalue weighted by Gasteiger charge is -2.41. The number of hydrogen-bond acceptors (Lipinski definition) is 3. The number of carbonyl (C=O) groups excluding carboxylic acids is 1. The molecule has 0 unspecified atom stereocenters. The fraction of sp³-hybridized carbons (Fsp3) is 0.750. The molecule has 0 aromatic carbocycles. The van der Waals surface area contributed by atoms with Gasteiger partial charge in [0.15, 0.2) is 0 Å². The molecule has 0 saturated heterocycles. The SMILES string of the molecule is CC(=O)N[C@@H]1C[C@H](O)[C@H]1CC(=O)O. The summed E-state index contributed by atoms with van der Waals surface area (Å²) in [5, 5.41) is 20.3. The van der Waals surface area contributed by atoms with Gasteiger partial charge in [-0.15, -0.1) is 0 Å². The Morgan fingerprint density at radius 2 is 2.15 bits per heavy atom. The first kappa shape index (κ1) is 9.98. The highest BCUT2D eigenvalue weighted by Gasteiger charge is 2.41. The first-order chi connectivity index (χ1) is 6.00. The van der Waals surface area contributed by atoms with E-state index < -0.39 is 12.1 Å². The molecule has 1 rings (SSSR count). The van der Waals surface area contributed by atoms with Crippen LogP contribution in [0.5, 0.6) is 0 Å². The lowest BCUT2D eigenvalue weighted by molar-refractivity contribution is -0.143. The van der Waals surface area contributed by atoms with Crippen LogP contribution >= 0.6 is 0 Å². The molecular formula is C8H13NO4. The molecule has 0 bridgehead atoms. The number of carbonyl (C=O) groups is 2. The van der Waals surface area contributed by atoms with Crippen LogP contribution in [0.4, 0.5) is 0 Å². The van der Waals surface area contributed by atoms with Crippen molar-refractivity contribution in [1.29, 1.82) is 0 Å². The number of carboxylic acid groups (broad SMARTS) is 1. The van der Waals surface area contributed by atoms with Crippen molar-refractivity contribution in [3.05, 3.63) is 0 Å². The quantitative estimate of drug-likeness (QED) is 0.547. The maximum atomic E-state index is 10.6. The molecule has 0 aliphatic heterocycles. The Morgan fingerprint density at radius 1 is 1.54 bits per heavy atom. The molecule has 3 atom stereocenters. The Balaban J connectivity index is 2.41. The monoisotopic (exact) mass is 187 g/mol. The summed E-state index contributed by atoms with van der Waals surface area (Å²) in [5.41, 5.74) is 0. The minimum Gasteiger partial charge on any atom is -0.481 e. The van der Waals surface area contributed by atoms with Gasteiger partial charge in [0.25, 0.3) is 0 Å². The molecule has 0 radical (unpaired) electrons. The molecule has 0 heterocycles. The van der Waals surface area contributed by atoms with Crippen molar-refractivity contribution in [3.63, 3.8) is 0 Å². The van der Waals surface area contributed by atoms with E-state index in [1.165, 1.54) is 6.92 Å². The first-order valence-corrected chi connectivity index (χ1v) is 4.17. The highest BCUT2D eigenvalue weighted by Crippen LogP contribution is 2.30. The molecule has 1 saturated carbocycles. The first-order valence-electron chi connectivity index (χ1n) is 4.17. The largest absolute Gasteiger partial charge is 0.481 e. The van der Waals surface area contributed by atoms with Gasteiger partial charge in [0.1, 0.15) is 0 Å². The lowest BCUT2D eigenvalue weighted by Crippen LogP contribution is -2.55. The Labute approximate surface area is 75.7 Å². The van der Waals surface area contributed by atoms with E-state index in [0.717, 1.165) is 0 Å². The number of aliphatic hydroxyl groups is 1. The number of aliphatic carboxylic acids is 1. The van der Waals surface area contributed by atoms with Crippen LogP contribution in [0, 0.1) is 5.92 Å². The van der Waals surface area contributed by atoms with Gasteiger partial charge in [0.05, 0.1) is 12.5 Å². The second-order valence-corrected chi connectivity index (χ2v) is 3.37. The summed E-state index contributed by atoms with van der Waals surface area (Å²) < 4.78 is 0. The van der Waals surface area contributed by atoms with E-state index >= 15 is 0 Å². The summed E-state index contributed by atoms with van der Waals surface area (Å²) in [6, 6.07) is -0.177. The normalized spacial score (nSPS) is 32.0. The Morgan fingerprint density at radius 3 is 2.54 bits per heavy atom. The van der Waals surface area contributed by atoms with Gasteiger partial charge >= 0.3 is 5.97 Å². The van der Waals surface area contributed by atoms with E-state index in [9.17, 15) is 14.7 Å². The third-order valence-electron chi connectivity index (χ3n) is 2.31. The molecule has 1 amide bonds. The number of amides is 1. The standard InChI is InChI=1S/C8H13NO4/c1-4(10)9-6-3-7(11)5(6)2-8(12)13/h5-7,11H,2-3H2,1H3,(H,9,10)(H,12,13)/t5-,6+,7-/m0/s1. The van der Waals surface area contributed by atoms with Crippen molar-refractivity contribution in [2.75, 3.05) is 0 Å². The van der Waals surface area contributed by atoms with Crippen LogP contribution in [0.25, 0.3) is 0 Å². The van der Waals surface area contributed by atoms with Crippen LogP contribution in [0.2, 0.25) is 0 Å². The third kappa shape index (κ3) is 2.42. The zero-order chi connectivity index (χ0) is 10.0. The average molecular weight is 187 g/mol. The van der Waals surface area contributed by atoms with Crippen molar-refractivity contribution in [2.45, 2.75) is 31.9 Å². The predicted molar refractivity (Wildman–Crippen MR) is 44.0 cm³/mol. The number of nitrogens with one attached hydrogen (secondary N) is 1. The van der Waals surface area contributed by atoms with Gasteiger partial charge in [-0.25, -0.2) is 0 Å². The molecule has 3 N–H and O–H groups in total. The van der Waals surface area contributed by atoms with Gasteiger partial charge in [0, 0.05) is 18.9 Å². The predicted octanol–water partition coefficient (Wildman–Crippen LogP) is -0.653. The maximum Gasteiger partial charge on any atom is 0.303 e. The van der Waals surface area contributed by atoms with Crippen LogP contribution in [0.15, 0.2) is 0 Å². The van der Waals surface area contributed by atoms with Gasteiger partial charge in [-0.2, -0.15) is 0 Å². The van der Waals surface area contributed by atoms with Crippen molar-refractivity contribution in [3.8, 4) is 0 Å². The van der Waals surface area contributed by atoms with Gasteiger partial charge in [0.2, 0.25) is 5.91 Å². The van der Waals surface area contributed by atoms with Crippen molar-refractivity contribution in [1.82, 2.24) is 5.32 Å². The van der Waals surface area contributed by atoms with E-state index in [-0.39, 0.29) is 24.3 Å². The van der Waals surface area contributed by atoms with E-state index in [0.29, 0.717) is 6.42 Å². The molecule has 0 aromatic rings.